The van der Waals surface area contributed by atoms with Crippen molar-refractivity contribution in [1.82, 2.24) is 4.98 Å². The van der Waals surface area contributed by atoms with Crippen molar-refractivity contribution in [1.29, 1.82) is 0 Å². The van der Waals surface area contributed by atoms with Crippen LogP contribution in [0.2, 0.25) is 0 Å². The highest BCUT2D eigenvalue weighted by Crippen LogP contribution is 2.12. The Kier molecular flexibility index (Phi) is 5.85. The summed E-state index contributed by atoms with van der Waals surface area (Å²) >= 11 is 3.24. The third-order valence-electron chi connectivity index (χ3n) is 1.80. The predicted octanol–water partition coefficient (Wildman–Crippen LogP) is 2.57. The second-order valence-corrected chi connectivity index (χ2v) is 3.89. The number of hydrogen-bond acceptors (Lipinski definition) is 4. The quantitative estimate of drug-likeness (QED) is 0.458. The van der Waals surface area contributed by atoms with Gasteiger partial charge in [-0.05, 0) is 41.4 Å². The third kappa shape index (κ3) is 5.11. The van der Waals surface area contributed by atoms with Crippen LogP contribution >= 0.6 is 15.9 Å². The van der Waals surface area contributed by atoms with Gasteiger partial charge in [0.05, 0.1) is 19.4 Å². The lowest BCUT2D eigenvalue weighted by Gasteiger charge is -2.05. The first-order chi connectivity index (χ1) is 7.72. The fourth-order valence-electron chi connectivity index (χ4n) is 1.09. The first-order valence-corrected chi connectivity index (χ1v) is 5.91. The molecule has 0 aliphatic heterocycles. The zero-order valence-corrected chi connectivity index (χ0v) is 10.7. The number of pyridine rings is 1. The standard InChI is InChI=1S/C11H14BrNO3/c1-2-15-11(14)4-3-7-16-9-5-6-10(12)13-8-9/h5-6,8H,2-4,7H2,1H3. The van der Waals surface area contributed by atoms with Crippen LogP contribution in [0.1, 0.15) is 19.8 Å². The van der Waals surface area contributed by atoms with Crippen LogP contribution in [0.5, 0.6) is 5.75 Å². The fraction of sp³-hybridized carbons (Fsp3) is 0.455. The van der Waals surface area contributed by atoms with E-state index in [-0.39, 0.29) is 5.97 Å². The normalized spacial score (nSPS) is 9.88. The highest BCUT2D eigenvalue weighted by molar-refractivity contribution is 9.10. The lowest BCUT2D eigenvalue weighted by atomic mass is 10.3. The van der Waals surface area contributed by atoms with Crippen LogP contribution in [-0.4, -0.2) is 24.2 Å². The molecule has 0 aromatic carbocycles. The number of nitrogens with zero attached hydrogens (tertiary/aromatic N) is 1. The van der Waals surface area contributed by atoms with E-state index in [4.69, 9.17) is 9.47 Å². The van der Waals surface area contributed by atoms with Gasteiger partial charge in [-0.3, -0.25) is 4.79 Å². The average molecular weight is 288 g/mol. The fourth-order valence-corrected chi connectivity index (χ4v) is 1.32. The Morgan fingerprint density at radius 1 is 1.50 bits per heavy atom. The number of rotatable bonds is 6. The SMILES string of the molecule is CCOC(=O)CCCOc1ccc(Br)nc1. The molecule has 0 aliphatic rings. The Labute approximate surface area is 103 Å². The van der Waals surface area contributed by atoms with Gasteiger partial charge in [-0.2, -0.15) is 0 Å². The van der Waals surface area contributed by atoms with Gasteiger partial charge in [-0.25, -0.2) is 4.98 Å². The van der Waals surface area contributed by atoms with Crippen molar-refractivity contribution in [3.63, 3.8) is 0 Å². The van der Waals surface area contributed by atoms with Gasteiger partial charge in [0.1, 0.15) is 10.4 Å². The van der Waals surface area contributed by atoms with Crippen LogP contribution in [0.25, 0.3) is 0 Å². The molecule has 0 amide bonds. The summed E-state index contributed by atoms with van der Waals surface area (Å²) in [5.41, 5.74) is 0. The molecule has 1 heterocycles. The van der Waals surface area contributed by atoms with E-state index in [2.05, 4.69) is 20.9 Å². The second-order valence-electron chi connectivity index (χ2n) is 3.07. The maximum atomic E-state index is 11.0. The maximum Gasteiger partial charge on any atom is 0.305 e. The average Bonchev–Trinajstić information content (AvgIpc) is 2.27. The first-order valence-electron chi connectivity index (χ1n) is 5.12. The molecular weight excluding hydrogens is 274 g/mol. The highest BCUT2D eigenvalue weighted by Gasteiger charge is 2.01. The topological polar surface area (TPSA) is 48.4 Å². The molecule has 0 bridgehead atoms. The molecular formula is C11H14BrNO3. The monoisotopic (exact) mass is 287 g/mol. The minimum absolute atomic E-state index is 0.181. The minimum atomic E-state index is -0.181. The van der Waals surface area contributed by atoms with Crippen molar-refractivity contribution >= 4 is 21.9 Å². The number of halogens is 1. The Hall–Kier alpha value is -1.10. The Balaban J connectivity index is 2.16. The molecule has 1 aromatic rings. The molecule has 5 heteroatoms. The van der Waals surface area contributed by atoms with E-state index < -0.39 is 0 Å². The molecule has 0 saturated carbocycles. The van der Waals surface area contributed by atoms with Gasteiger partial charge in [0.15, 0.2) is 0 Å². The van der Waals surface area contributed by atoms with Crippen molar-refractivity contribution in [2.75, 3.05) is 13.2 Å². The first kappa shape index (κ1) is 13.0. The Morgan fingerprint density at radius 3 is 2.94 bits per heavy atom. The zero-order chi connectivity index (χ0) is 11.8. The van der Waals surface area contributed by atoms with Crippen LogP contribution in [0.3, 0.4) is 0 Å². The van der Waals surface area contributed by atoms with E-state index in [1.165, 1.54) is 0 Å². The molecule has 0 saturated heterocycles. The molecule has 1 rings (SSSR count). The second kappa shape index (κ2) is 7.22. The van der Waals surface area contributed by atoms with E-state index in [1.54, 1.807) is 19.2 Å². The van der Waals surface area contributed by atoms with E-state index in [9.17, 15) is 4.79 Å². The zero-order valence-electron chi connectivity index (χ0n) is 9.11. The van der Waals surface area contributed by atoms with E-state index in [0.717, 1.165) is 4.60 Å². The summed E-state index contributed by atoms with van der Waals surface area (Å²) in [6.45, 7) is 2.71. The summed E-state index contributed by atoms with van der Waals surface area (Å²) in [6.07, 6.45) is 2.67. The van der Waals surface area contributed by atoms with Gasteiger partial charge >= 0.3 is 5.97 Å². The molecule has 16 heavy (non-hydrogen) atoms. The van der Waals surface area contributed by atoms with Gasteiger partial charge in [-0.1, -0.05) is 0 Å². The molecule has 0 unspecified atom stereocenters. The van der Waals surface area contributed by atoms with Crippen LogP contribution in [0.4, 0.5) is 0 Å². The molecule has 0 fully saturated rings. The number of esters is 1. The molecule has 0 aliphatic carbocycles. The number of carbonyl (C=O) groups is 1. The van der Waals surface area contributed by atoms with Gasteiger partial charge in [-0.15, -0.1) is 0 Å². The summed E-state index contributed by atoms with van der Waals surface area (Å²) < 4.78 is 11.0. The smallest absolute Gasteiger partial charge is 0.305 e. The summed E-state index contributed by atoms with van der Waals surface area (Å²) in [7, 11) is 0. The van der Waals surface area contributed by atoms with Crippen LogP contribution < -0.4 is 4.74 Å². The van der Waals surface area contributed by atoms with Crippen molar-refractivity contribution in [2.24, 2.45) is 0 Å². The van der Waals surface area contributed by atoms with Gasteiger partial charge in [0, 0.05) is 6.42 Å². The molecule has 1 aromatic heterocycles. The summed E-state index contributed by atoms with van der Waals surface area (Å²) in [5.74, 6) is 0.520. The summed E-state index contributed by atoms with van der Waals surface area (Å²) in [4.78, 5) is 15.0. The van der Waals surface area contributed by atoms with Crippen molar-refractivity contribution in [3.8, 4) is 5.75 Å². The lowest BCUT2D eigenvalue weighted by Crippen LogP contribution is -2.06. The molecule has 0 radical (unpaired) electrons. The van der Waals surface area contributed by atoms with E-state index >= 15 is 0 Å². The van der Waals surface area contributed by atoms with Crippen molar-refractivity contribution in [2.45, 2.75) is 19.8 Å². The molecule has 0 N–H and O–H groups in total. The molecule has 88 valence electrons. The molecule has 4 nitrogen and oxygen atoms in total. The predicted molar refractivity (Wildman–Crippen MR) is 63.3 cm³/mol. The van der Waals surface area contributed by atoms with Gasteiger partial charge in [0.25, 0.3) is 0 Å². The largest absolute Gasteiger partial charge is 0.492 e. The van der Waals surface area contributed by atoms with Crippen LogP contribution in [0.15, 0.2) is 22.9 Å². The maximum absolute atomic E-state index is 11.0. The van der Waals surface area contributed by atoms with Crippen LogP contribution in [0, 0.1) is 0 Å². The summed E-state index contributed by atoms with van der Waals surface area (Å²) in [5, 5.41) is 0. The van der Waals surface area contributed by atoms with E-state index in [1.807, 2.05) is 6.07 Å². The summed E-state index contributed by atoms with van der Waals surface area (Å²) in [6, 6.07) is 3.63. The minimum Gasteiger partial charge on any atom is -0.492 e. The molecule has 0 atom stereocenters. The Bertz CT molecular complexity index is 327. The van der Waals surface area contributed by atoms with Crippen LogP contribution in [-0.2, 0) is 9.53 Å². The number of carbonyl (C=O) groups excluding carboxylic acids is 1. The number of hydrogen-bond donors (Lipinski definition) is 0. The van der Waals surface area contributed by atoms with Gasteiger partial charge in [0.2, 0.25) is 0 Å². The highest BCUT2D eigenvalue weighted by atomic mass is 79.9. The molecule has 0 spiro atoms. The third-order valence-corrected chi connectivity index (χ3v) is 2.27. The van der Waals surface area contributed by atoms with E-state index in [0.29, 0.717) is 31.8 Å². The number of aromatic nitrogens is 1. The lowest BCUT2D eigenvalue weighted by molar-refractivity contribution is -0.143. The van der Waals surface area contributed by atoms with Gasteiger partial charge < -0.3 is 9.47 Å². The number of ether oxygens (including phenoxy) is 2. The van der Waals surface area contributed by atoms with Crippen molar-refractivity contribution < 1.29 is 14.3 Å². The van der Waals surface area contributed by atoms with Crippen molar-refractivity contribution in [3.05, 3.63) is 22.9 Å². The Morgan fingerprint density at radius 2 is 2.31 bits per heavy atom.